The van der Waals surface area contributed by atoms with Crippen molar-refractivity contribution in [3.63, 3.8) is 0 Å². The molecule has 1 aromatic rings. The van der Waals surface area contributed by atoms with E-state index in [0.29, 0.717) is 18.5 Å². The number of rotatable bonds is 7. The molecule has 106 valence electrons. The first-order valence-electron chi connectivity index (χ1n) is 7.27. The van der Waals surface area contributed by atoms with Crippen molar-refractivity contribution in [2.24, 2.45) is 0 Å². The van der Waals surface area contributed by atoms with Crippen molar-refractivity contribution in [2.75, 3.05) is 31.1 Å². The van der Waals surface area contributed by atoms with Gasteiger partial charge in [-0.15, -0.1) is 0 Å². The van der Waals surface area contributed by atoms with Gasteiger partial charge in [-0.1, -0.05) is 13.8 Å². The van der Waals surface area contributed by atoms with Gasteiger partial charge in [-0.3, -0.25) is 0 Å². The zero-order valence-corrected chi connectivity index (χ0v) is 11.9. The monoisotopic (exact) mass is 264 g/mol. The average Bonchev–Trinajstić information content (AvgIpc) is 2.91. The van der Waals surface area contributed by atoms with E-state index in [4.69, 9.17) is 4.74 Å². The van der Waals surface area contributed by atoms with Crippen molar-refractivity contribution < 1.29 is 4.74 Å². The Morgan fingerprint density at radius 2 is 2.32 bits per heavy atom. The van der Waals surface area contributed by atoms with E-state index in [2.05, 4.69) is 34.0 Å². The molecule has 1 fully saturated rings. The van der Waals surface area contributed by atoms with Crippen LogP contribution in [0.2, 0.25) is 0 Å². The predicted octanol–water partition coefficient (Wildman–Crippen LogP) is 1.84. The molecule has 1 aromatic heterocycles. The highest BCUT2D eigenvalue weighted by atomic mass is 16.5. The van der Waals surface area contributed by atoms with Crippen LogP contribution in [0.5, 0.6) is 5.88 Å². The molecule has 1 saturated heterocycles. The van der Waals surface area contributed by atoms with Crippen molar-refractivity contribution in [2.45, 2.75) is 39.2 Å². The van der Waals surface area contributed by atoms with Crippen molar-refractivity contribution >= 4 is 5.82 Å². The minimum atomic E-state index is 0.536. The number of anilines is 1. The van der Waals surface area contributed by atoms with Crippen LogP contribution in [0.4, 0.5) is 5.82 Å². The van der Waals surface area contributed by atoms with Gasteiger partial charge in [0.1, 0.15) is 12.1 Å². The zero-order chi connectivity index (χ0) is 13.5. The molecule has 1 N–H and O–H groups in total. The molecular formula is C14H24N4O. The summed E-state index contributed by atoms with van der Waals surface area (Å²) in [5.74, 6) is 1.67. The first-order valence-corrected chi connectivity index (χ1v) is 7.27. The minimum absolute atomic E-state index is 0.536. The number of nitrogens with one attached hydrogen (secondary N) is 1. The highest BCUT2D eigenvalue weighted by Crippen LogP contribution is 2.25. The van der Waals surface area contributed by atoms with E-state index in [0.717, 1.165) is 31.9 Å². The van der Waals surface area contributed by atoms with Crippen LogP contribution in [0.15, 0.2) is 12.4 Å². The SMILES string of the molecule is CCCOc1cc(N2CCCC2CNCC)ncn1. The lowest BCUT2D eigenvalue weighted by Gasteiger charge is -2.25. The lowest BCUT2D eigenvalue weighted by Crippen LogP contribution is -2.38. The number of hydrogen-bond donors (Lipinski definition) is 1. The van der Waals surface area contributed by atoms with Crippen LogP contribution >= 0.6 is 0 Å². The molecule has 0 saturated carbocycles. The average molecular weight is 264 g/mol. The summed E-state index contributed by atoms with van der Waals surface area (Å²) in [5.41, 5.74) is 0. The first kappa shape index (κ1) is 14.1. The van der Waals surface area contributed by atoms with E-state index in [1.54, 1.807) is 6.33 Å². The Hall–Kier alpha value is -1.36. The van der Waals surface area contributed by atoms with Crippen LogP contribution < -0.4 is 15.0 Å². The topological polar surface area (TPSA) is 50.3 Å². The fraction of sp³-hybridized carbons (Fsp3) is 0.714. The van der Waals surface area contributed by atoms with Crippen molar-refractivity contribution in [1.29, 1.82) is 0 Å². The summed E-state index contributed by atoms with van der Waals surface area (Å²) < 4.78 is 5.58. The third kappa shape index (κ3) is 3.80. The maximum Gasteiger partial charge on any atom is 0.218 e. The second-order valence-corrected chi connectivity index (χ2v) is 4.86. The third-order valence-electron chi connectivity index (χ3n) is 3.38. The molecule has 1 unspecified atom stereocenters. The van der Waals surface area contributed by atoms with Gasteiger partial charge in [0.2, 0.25) is 5.88 Å². The number of nitrogens with zero attached hydrogens (tertiary/aromatic N) is 3. The van der Waals surface area contributed by atoms with Crippen LogP contribution in [0, 0.1) is 0 Å². The lowest BCUT2D eigenvalue weighted by molar-refractivity contribution is 0.304. The maximum absolute atomic E-state index is 5.58. The predicted molar refractivity (Wildman–Crippen MR) is 76.7 cm³/mol. The molecule has 5 nitrogen and oxygen atoms in total. The summed E-state index contributed by atoms with van der Waals surface area (Å²) in [4.78, 5) is 10.9. The molecule has 5 heteroatoms. The van der Waals surface area contributed by atoms with Gasteiger partial charge in [0.05, 0.1) is 6.61 Å². The quantitative estimate of drug-likeness (QED) is 0.814. The summed E-state index contributed by atoms with van der Waals surface area (Å²) in [6.45, 7) is 8.04. The summed E-state index contributed by atoms with van der Waals surface area (Å²) in [7, 11) is 0. The smallest absolute Gasteiger partial charge is 0.218 e. The number of aromatic nitrogens is 2. The highest BCUT2D eigenvalue weighted by molar-refractivity contribution is 5.43. The van der Waals surface area contributed by atoms with Gasteiger partial charge in [0.25, 0.3) is 0 Å². The van der Waals surface area contributed by atoms with Gasteiger partial charge in [-0.05, 0) is 25.8 Å². The molecule has 1 atom stereocenters. The summed E-state index contributed by atoms with van der Waals surface area (Å²) in [6, 6.07) is 2.49. The number of hydrogen-bond acceptors (Lipinski definition) is 5. The zero-order valence-electron chi connectivity index (χ0n) is 11.9. The molecule has 0 bridgehead atoms. The molecule has 1 aliphatic heterocycles. The largest absolute Gasteiger partial charge is 0.478 e. The van der Waals surface area contributed by atoms with E-state index >= 15 is 0 Å². The van der Waals surface area contributed by atoms with Crippen LogP contribution in [-0.2, 0) is 0 Å². The Kier molecular flexibility index (Phi) is 5.39. The molecule has 2 heterocycles. The Morgan fingerprint density at radius 1 is 1.42 bits per heavy atom. The fourth-order valence-electron chi connectivity index (χ4n) is 2.43. The molecular weight excluding hydrogens is 240 g/mol. The molecule has 0 radical (unpaired) electrons. The normalized spacial score (nSPS) is 18.8. The molecule has 2 rings (SSSR count). The Balaban J connectivity index is 2.03. The van der Waals surface area contributed by atoms with Gasteiger partial charge in [0, 0.05) is 25.2 Å². The standard InChI is InChI=1S/C14H24N4O/c1-3-8-19-14-9-13(16-11-17-14)18-7-5-6-12(18)10-15-4-2/h9,11-12,15H,3-8,10H2,1-2H3. The van der Waals surface area contributed by atoms with E-state index in [1.807, 2.05) is 6.07 Å². The van der Waals surface area contributed by atoms with Crippen LogP contribution in [0.1, 0.15) is 33.1 Å². The molecule has 0 amide bonds. The van der Waals surface area contributed by atoms with Gasteiger partial charge in [-0.25, -0.2) is 9.97 Å². The van der Waals surface area contributed by atoms with Crippen LogP contribution in [-0.4, -0.2) is 42.3 Å². The molecule has 19 heavy (non-hydrogen) atoms. The summed E-state index contributed by atoms with van der Waals surface area (Å²) in [6.07, 6.45) is 5.04. The first-order chi connectivity index (χ1) is 9.35. The molecule has 0 aliphatic carbocycles. The molecule has 0 aromatic carbocycles. The fourth-order valence-corrected chi connectivity index (χ4v) is 2.43. The third-order valence-corrected chi connectivity index (χ3v) is 3.38. The van der Waals surface area contributed by atoms with Crippen LogP contribution in [0.3, 0.4) is 0 Å². The van der Waals surface area contributed by atoms with E-state index in [1.165, 1.54) is 12.8 Å². The van der Waals surface area contributed by atoms with Gasteiger partial charge in [0.15, 0.2) is 0 Å². The van der Waals surface area contributed by atoms with Crippen LogP contribution in [0.25, 0.3) is 0 Å². The Morgan fingerprint density at radius 3 is 3.11 bits per heavy atom. The van der Waals surface area contributed by atoms with E-state index in [-0.39, 0.29) is 0 Å². The Labute approximate surface area is 115 Å². The lowest BCUT2D eigenvalue weighted by atomic mass is 10.2. The van der Waals surface area contributed by atoms with Crippen molar-refractivity contribution in [3.8, 4) is 5.88 Å². The van der Waals surface area contributed by atoms with Gasteiger partial charge >= 0.3 is 0 Å². The van der Waals surface area contributed by atoms with Crippen molar-refractivity contribution in [3.05, 3.63) is 12.4 Å². The van der Waals surface area contributed by atoms with Crippen molar-refractivity contribution in [1.82, 2.24) is 15.3 Å². The summed E-state index contributed by atoms with van der Waals surface area (Å²) >= 11 is 0. The van der Waals surface area contributed by atoms with E-state index < -0.39 is 0 Å². The number of likely N-dealkylation sites (N-methyl/N-ethyl adjacent to an activating group) is 1. The highest BCUT2D eigenvalue weighted by Gasteiger charge is 2.25. The number of ether oxygens (including phenoxy) is 1. The minimum Gasteiger partial charge on any atom is -0.478 e. The van der Waals surface area contributed by atoms with E-state index in [9.17, 15) is 0 Å². The molecule has 0 spiro atoms. The molecule has 1 aliphatic rings. The second-order valence-electron chi connectivity index (χ2n) is 4.86. The van der Waals surface area contributed by atoms with Gasteiger partial charge in [-0.2, -0.15) is 0 Å². The maximum atomic E-state index is 5.58. The second kappa shape index (κ2) is 7.28. The summed E-state index contributed by atoms with van der Waals surface area (Å²) in [5, 5.41) is 3.42. The Bertz CT molecular complexity index is 385. The van der Waals surface area contributed by atoms with Gasteiger partial charge < -0.3 is 15.0 Å².